The lowest BCUT2D eigenvalue weighted by molar-refractivity contribution is -0.143. The Morgan fingerprint density at radius 2 is 1.59 bits per heavy atom. The second-order valence-electron chi connectivity index (χ2n) is 9.06. The number of halogens is 3. The van der Waals surface area contributed by atoms with E-state index in [1.54, 1.807) is 0 Å². The summed E-state index contributed by atoms with van der Waals surface area (Å²) in [5, 5.41) is 14.6. The van der Waals surface area contributed by atoms with Gasteiger partial charge in [0.15, 0.2) is 11.6 Å². The number of amides is 3. The molecule has 8 nitrogen and oxygen atoms in total. The predicted molar refractivity (Wildman–Crippen MR) is 134 cm³/mol. The zero-order valence-corrected chi connectivity index (χ0v) is 20.5. The van der Waals surface area contributed by atoms with Gasteiger partial charge >= 0.3 is 5.97 Å². The molecule has 0 radical (unpaired) electrons. The summed E-state index contributed by atoms with van der Waals surface area (Å²) in [6.45, 7) is 0.233. The fourth-order valence-electron chi connectivity index (χ4n) is 4.31. The van der Waals surface area contributed by atoms with Crippen molar-refractivity contribution in [2.24, 2.45) is 0 Å². The zero-order chi connectivity index (χ0) is 28.1. The molecule has 1 aliphatic rings. The van der Waals surface area contributed by atoms with E-state index in [2.05, 4.69) is 10.6 Å². The maximum Gasteiger partial charge on any atom is 0.326 e. The molecule has 0 spiro atoms. The van der Waals surface area contributed by atoms with Gasteiger partial charge in [0.2, 0.25) is 11.8 Å². The first-order valence-electron chi connectivity index (χ1n) is 12.0. The molecule has 3 amide bonds. The van der Waals surface area contributed by atoms with Gasteiger partial charge in [-0.05, 0) is 35.7 Å². The molecule has 3 aromatic rings. The standard InChI is InChI=1S/C28H24F3N3O5/c29-20-14-22(31)21(30)13-19(20)26(36)32-18-8-6-16(7-9-18)12-23(28(38)39)33-27(37)24-10-11-25(35)34(24)15-17-4-2-1-3-5-17/h1-9,13-14,23-24H,10-12,15H2,(H,32,36)(H,33,37)(H,38,39)/t23-,24-/m0/s1. The average molecular weight is 540 g/mol. The molecule has 3 N–H and O–H groups in total. The van der Waals surface area contributed by atoms with E-state index in [9.17, 15) is 37.5 Å². The number of aliphatic carboxylic acids is 1. The van der Waals surface area contributed by atoms with Crippen LogP contribution in [0.5, 0.6) is 0 Å². The predicted octanol–water partition coefficient (Wildman–Crippen LogP) is 3.66. The second-order valence-corrected chi connectivity index (χ2v) is 9.06. The maximum absolute atomic E-state index is 13.9. The molecule has 1 heterocycles. The Hall–Kier alpha value is -4.67. The van der Waals surface area contributed by atoms with Gasteiger partial charge in [0.05, 0.1) is 5.56 Å². The quantitative estimate of drug-likeness (QED) is 0.359. The number of nitrogens with one attached hydrogen (secondary N) is 2. The van der Waals surface area contributed by atoms with Crippen LogP contribution in [0, 0.1) is 17.5 Å². The van der Waals surface area contributed by atoms with Crippen LogP contribution in [0.1, 0.15) is 34.3 Å². The van der Waals surface area contributed by atoms with Crippen molar-refractivity contribution in [3.05, 3.63) is 101 Å². The minimum Gasteiger partial charge on any atom is -0.480 e. The summed E-state index contributed by atoms with van der Waals surface area (Å²) >= 11 is 0. The van der Waals surface area contributed by atoms with E-state index in [0.29, 0.717) is 11.6 Å². The number of carboxylic acid groups (broad SMARTS) is 1. The van der Waals surface area contributed by atoms with Crippen molar-refractivity contribution in [2.75, 3.05) is 5.32 Å². The third kappa shape index (κ3) is 6.61. The van der Waals surface area contributed by atoms with Crippen molar-refractivity contribution in [2.45, 2.75) is 37.9 Å². The highest BCUT2D eigenvalue weighted by Gasteiger charge is 2.37. The first kappa shape index (κ1) is 27.4. The Labute approximate surface area is 221 Å². The lowest BCUT2D eigenvalue weighted by Crippen LogP contribution is -2.50. The monoisotopic (exact) mass is 539 g/mol. The SMILES string of the molecule is O=C(Nc1ccc(C[C@H](NC(=O)[C@@H]2CCC(=O)N2Cc2ccccc2)C(=O)O)cc1)c1cc(F)c(F)cc1F. The topological polar surface area (TPSA) is 116 Å². The molecule has 11 heteroatoms. The normalized spacial score (nSPS) is 15.6. The molecule has 1 saturated heterocycles. The maximum atomic E-state index is 13.9. The van der Waals surface area contributed by atoms with Gasteiger partial charge in [-0.1, -0.05) is 42.5 Å². The van der Waals surface area contributed by atoms with Crippen LogP contribution in [-0.4, -0.2) is 45.8 Å². The molecular weight excluding hydrogens is 515 g/mol. The van der Waals surface area contributed by atoms with Crippen molar-refractivity contribution in [1.29, 1.82) is 0 Å². The van der Waals surface area contributed by atoms with Crippen LogP contribution >= 0.6 is 0 Å². The molecule has 1 fully saturated rings. The van der Waals surface area contributed by atoms with E-state index in [0.717, 1.165) is 5.56 Å². The minimum atomic E-state index is -1.42. The summed E-state index contributed by atoms with van der Waals surface area (Å²) in [6, 6.07) is 13.6. The second kappa shape index (κ2) is 11.8. The third-order valence-electron chi connectivity index (χ3n) is 6.35. The van der Waals surface area contributed by atoms with Gasteiger partial charge in [-0.15, -0.1) is 0 Å². The van der Waals surface area contributed by atoms with Crippen molar-refractivity contribution in [3.63, 3.8) is 0 Å². The lowest BCUT2D eigenvalue weighted by Gasteiger charge is -2.26. The van der Waals surface area contributed by atoms with Gasteiger partial charge in [-0.2, -0.15) is 0 Å². The van der Waals surface area contributed by atoms with Crippen molar-refractivity contribution in [1.82, 2.24) is 10.2 Å². The number of anilines is 1. The molecule has 0 unspecified atom stereocenters. The number of hydrogen-bond acceptors (Lipinski definition) is 4. The summed E-state index contributed by atoms with van der Waals surface area (Å²) in [5.74, 6) is -7.04. The van der Waals surface area contributed by atoms with Gasteiger partial charge in [0.1, 0.15) is 17.9 Å². The molecule has 202 valence electrons. The van der Waals surface area contributed by atoms with Crippen LogP contribution in [0.2, 0.25) is 0 Å². The first-order valence-corrected chi connectivity index (χ1v) is 12.0. The van der Waals surface area contributed by atoms with Gasteiger partial charge in [-0.3, -0.25) is 14.4 Å². The number of carbonyl (C=O) groups excluding carboxylic acids is 3. The van der Waals surface area contributed by atoms with Crippen LogP contribution in [0.15, 0.2) is 66.7 Å². The summed E-state index contributed by atoms with van der Waals surface area (Å²) in [4.78, 5) is 51.0. The van der Waals surface area contributed by atoms with Gasteiger partial charge in [-0.25, -0.2) is 18.0 Å². The summed E-state index contributed by atoms with van der Waals surface area (Å²) < 4.78 is 40.4. The Kier molecular flexibility index (Phi) is 8.28. The fourth-order valence-corrected chi connectivity index (χ4v) is 4.31. The molecular formula is C28H24F3N3O5. The molecule has 0 saturated carbocycles. The smallest absolute Gasteiger partial charge is 0.326 e. The molecule has 4 rings (SSSR count). The number of rotatable bonds is 9. The molecule has 0 aliphatic carbocycles. The van der Waals surface area contributed by atoms with Gasteiger partial charge < -0.3 is 20.6 Å². The van der Waals surface area contributed by atoms with E-state index in [1.165, 1.54) is 29.2 Å². The van der Waals surface area contributed by atoms with E-state index in [-0.39, 0.29) is 43.5 Å². The molecule has 3 aromatic carbocycles. The van der Waals surface area contributed by atoms with E-state index in [4.69, 9.17) is 0 Å². The highest BCUT2D eigenvalue weighted by molar-refractivity contribution is 6.04. The number of nitrogens with zero attached hydrogens (tertiary/aromatic N) is 1. The number of carboxylic acids is 1. The molecule has 1 aliphatic heterocycles. The summed E-state index contributed by atoms with van der Waals surface area (Å²) in [6.07, 6.45) is 0.369. The number of carbonyl (C=O) groups is 4. The highest BCUT2D eigenvalue weighted by Crippen LogP contribution is 2.22. The largest absolute Gasteiger partial charge is 0.480 e. The summed E-state index contributed by atoms with van der Waals surface area (Å²) in [5.41, 5.74) is 0.867. The van der Waals surface area contributed by atoms with Crippen LogP contribution in [0.25, 0.3) is 0 Å². The van der Waals surface area contributed by atoms with Crippen molar-refractivity contribution >= 4 is 29.4 Å². The zero-order valence-electron chi connectivity index (χ0n) is 20.5. The van der Waals surface area contributed by atoms with Crippen LogP contribution in [-0.2, 0) is 27.3 Å². The Balaban J connectivity index is 1.39. The Morgan fingerprint density at radius 1 is 0.923 bits per heavy atom. The fraction of sp³-hybridized carbons (Fsp3) is 0.214. The van der Waals surface area contributed by atoms with E-state index < -0.39 is 52.9 Å². The third-order valence-corrected chi connectivity index (χ3v) is 6.35. The lowest BCUT2D eigenvalue weighted by atomic mass is 10.0. The highest BCUT2D eigenvalue weighted by atomic mass is 19.2. The molecule has 2 atom stereocenters. The summed E-state index contributed by atoms with van der Waals surface area (Å²) in [7, 11) is 0. The van der Waals surface area contributed by atoms with E-state index >= 15 is 0 Å². The number of benzene rings is 3. The van der Waals surface area contributed by atoms with Crippen LogP contribution in [0.3, 0.4) is 0 Å². The Bertz CT molecular complexity index is 1400. The van der Waals surface area contributed by atoms with Crippen molar-refractivity contribution in [3.8, 4) is 0 Å². The molecule has 0 aromatic heterocycles. The van der Waals surface area contributed by atoms with Crippen molar-refractivity contribution < 1.29 is 37.5 Å². The number of hydrogen-bond donors (Lipinski definition) is 3. The molecule has 0 bridgehead atoms. The molecule has 39 heavy (non-hydrogen) atoms. The average Bonchev–Trinajstić information content (AvgIpc) is 3.27. The first-order chi connectivity index (χ1) is 18.6. The minimum absolute atomic E-state index is 0.0908. The van der Waals surface area contributed by atoms with Gasteiger partial charge in [0.25, 0.3) is 5.91 Å². The van der Waals surface area contributed by atoms with Crippen LogP contribution in [0.4, 0.5) is 18.9 Å². The van der Waals surface area contributed by atoms with Crippen LogP contribution < -0.4 is 10.6 Å². The van der Waals surface area contributed by atoms with E-state index in [1.807, 2.05) is 30.3 Å². The number of likely N-dealkylation sites (tertiary alicyclic amines) is 1. The Morgan fingerprint density at radius 3 is 2.26 bits per heavy atom. The van der Waals surface area contributed by atoms with Gasteiger partial charge in [0, 0.05) is 31.1 Å².